The molecule has 0 bridgehead atoms. The Morgan fingerprint density at radius 3 is 1.91 bits per heavy atom. The van der Waals surface area contributed by atoms with Crippen LogP contribution in [0.15, 0.2) is 213 Å². The normalized spacial score (nSPS) is 18.7. The summed E-state index contributed by atoms with van der Waals surface area (Å²) < 4.78 is 37.0. The number of hydrogen-bond acceptors (Lipinski definition) is 6. The van der Waals surface area contributed by atoms with Gasteiger partial charge in [-0.1, -0.05) is 162 Å². The molecule has 5 heterocycles. The molecule has 0 atom stereocenters. The smallest absolute Gasteiger partial charge is 0.213 e. The van der Waals surface area contributed by atoms with Gasteiger partial charge >= 0.3 is 0 Å². The Morgan fingerprint density at radius 1 is 0.622 bits per heavy atom. The first-order valence-electron chi connectivity index (χ1n) is 29.3. The second kappa shape index (κ2) is 23.6. The SMILES string of the molecule is [2H]C([2H])([2H])n1c(-n2c3[c-]c(Oc4[c-]c(N5[CH-]N(c6c(/C7=C/C=C\N/C=C\C=C/[B]7)cccc6/C6=C/C=C\N/C=C\C=C/[B]6)c6ccccc65)cc(-c5c(C(C)C)cccc5C(C)C)c4)ccc3c3cc(C(C)(C)C)ccc32)nc2ccccc21.[Pt]. The largest absolute Gasteiger partial charge is 0.509 e. The Labute approximate surface area is 503 Å². The van der Waals surface area contributed by atoms with Crippen LogP contribution in [0.1, 0.15) is 92.2 Å². The topological polar surface area (TPSA) is 62.5 Å². The van der Waals surface area contributed by atoms with Crippen molar-refractivity contribution in [3.63, 3.8) is 0 Å². The molecule has 0 saturated carbocycles. The Bertz CT molecular complexity index is 4190. The third kappa shape index (κ3) is 10.8. The van der Waals surface area contributed by atoms with Crippen molar-refractivity contribution in [2.24, 2.45) is 6.98 Å². The maximum absolute atomic E-state index is 8.85. The monoisotopic (exact) mass is 1250 g/mol. The van der Waals surface area contributed by atoms with Crippen molar-refractivity contribution in [2.75, 3.05) is 9.80 Å². The van der Waals surface area contributed by atoms with Crippen LogP contribution in [-0.2, 0) is 33.5 Å². The van der Waals surface area contributed by atoms with Crippen LogP contribution in [0.2, 0.25) is 0 Å². The van der Waals surface area contributed by atoms with Gasteiger partial charge in [0.1, 0.15) is 0 Å². The van der Waals surface area contributed by atoms with Gasteiger partial charge in [0.15, 0.2) is 14.6 Å². The Morgan fingerprint density at radius 2 is 1.26 bits per heavy atom. The molecule has 408 valence electrons. The number of rotatable bonds is 10. The van der Waals surface area contributed by atoms with Crippen molar-refractivity contribution in [1.82, 2.24) is 24.8 Å². The number of allylic oxidation sites excluding steroid dienone is 8. The number of fused-ring (bicyclic) bond motifs is 5. The second-order valence-electron chi connectivity index (χ2n) is 22.1. The van der Waals surface area contributed by atoms with Crippen molar-refractivity contribution in [3.8, 4) is 28.6 Å². The van der Waals surface area contributed by atoms with E-state index in [2.05, 4.69) is 223 Å². The molecule has 2 N–H and O–H groups in total. The van der Waals surface area contributed by atoms with E-state index in [0.29, 0.717) is 28.0 Å². The van der Waals surface area contributed by atoms with E-state index >= 15 is 0 Å². The Balaban J connectivity index is 0.00000752. The number of benzene rings is 7. The molecule has 11 heteroatoms. The van der Waals surface area contributed by atoms with E-state index in [4.69, 9.17) is 13.8 Å². The van der Waals surface area contributed by atoms with Crippen LogP contribution in [0.4, 0.5) is 22.7 Å². The maximum atomic E-state index is 8.85. The van der Waals surface area contributed by atoms with Crippen molar-refractivity contribution in [2.45, 2.75) is 65.7 Å². The molecule has 8 nitrogen and oxygen atoms in total. The summed E-state index contributed by atoms with van der Waals surface area (Å²) in [5.74, 6) is 5.74. The molecule has 7 aromatic carbocycles. The van der Waals surface area contributed by atoms with Crippen LogP contribution >= 0.6 is 0 Å². The van der Waals surface area contributed by atoms with Gasteiger partial charge in [-0.05, 0) is 111 Å². The predicted octanol–water partition coefficient (Wildman–Crippen LogP) is 17.1. The van der Waals surface area contributed by atoms with E-state index in [-0.39, 0.29) is 44.3 Å². The van der Waals surface area contributed by atoms with Crippen LogP contribution < -0.4 is 25.2 Å². The molecule has 2 radical (unpaired) electrons. The van der Waals surface area contributed by atoms with Gasteiger partial charge in [-0.15, -0.1) is 65.6 Å². The Kier molecular flexibility index (Phi) is 14.8. The van der Waals surface area contributed by atoms with Crippen LogP contribution in [0, 0.1) is 18.8 Å². The molecule has 0 fully saturated rings. The summed E-state index contributed by atoms with van der Waals surface area (Å²) in [4.78, 5) is 9.57. The summed E-state index contributed by atoms with van der Waals surface area (Å²) in [6.07, 6.45) is 24.0. The summed E-state index contributed by atoms with van der Waals surface area (Å²) >= 11 is 0. The quantitative estimate of drug-likeness (QED) is 0.105. The average molecular weight is 1250 g/mol. The first-order valence-corrected chi connectivity index (χ1v) is 27.8. The summed E-state index contributed by atoms with van der Waals surface area (Å²) in [5.41, 5.74) is 15.9. The summed E-state index contributed by atoms with van der Waals surface area (Å²) in [6.45, 7) is 15.2. The van der Waals surface area contributed by atoms with Crippen molar-refractivity contribution in [3.05, 3.63) is 259 Å². The standard InChI is InChI=1S/C71H64B2N7O.Pt/c1-47(2)54-21-17-22-55(48(3)4)68(54)49-41-51(44-53(42-49)81-52-32-33-56-59-43-50(71(5,6)7)31-34-63(59)80(67(56)45-52)70-76-62-27-9-10-28-64(62)77(70)8)78-46-79(66-30-12-11-29-65(66)78)69-57(60-25-19-39-74-37-15-13-35-72-60)23-18-24-58(69)61-26-20-40-75-38-16-14-36-73-61;/h9-43,46-48,74-75H,1-8H3;/q-3;/b35-13-,36-14-,37-15-,38-16-,39-19-,40-20-,60-25-,61-26-;/i8D3;. The number of hydrogen-bond donors (Lipinski definition) is 2. The molecular weight excluding hydrogens is 1180 g/mol. The molecule has 0 amide bonds. The van der Waals surface area contributed by atoms with Gasteiger partial charge in [-0.2, -0.15) is 6.07 Å². The Hall–Kier alpha value is -8.45. The van der Waals surface area contributed by atoms with Crippen molar-refractivity contribution in [1.29, 1.82) is 0 Å². The number of para-hydroxylation sites is 5. The zero-order valence-corrected chi connectivity index (χ0v) is 49.3. The summed E-state index contributed by atoms with van der Waals surface area (Å²) in [7, 11) is 4.31. The average Bonchev–Trinajstić information content (AvgIpc) is 3.59. The van der Waals surface area contributed by atoms with E-state index in [1.54, 1.807) is 0 Å². The molecule has 0 unspecified atom stereocenters. The fourth-order valence-corrected chi connectivity index (χ4v) is 11.1. The molecule has 9 aromatic rings. The number of ether oxygens (including phenoxy) is 1. The van der Waals surface area contributed by atoms with Gasteiger partial charge in [0.25, 0.3) is 0 Å². The van der Waals surface area contributed by atoms with Crippen LogP contribution in [0.3, 0.4) is 0 Å². The van der Waals surface area contributed by atoms with Crippen LogP contribution in [0.25, 0.3) is 60.9 Å². The molecule has 3 aliphatic rings. The van der Waals surface area contributed by atoms with Gasteiger partial charge in [-0.3, -0.25) is 0 Å². The van der Waals surface area contributed by atoms with E-state index < -0.39 is 6.98 Å². The number of aryl methyl sites for hydroxylation is 1. The fourth-order valence-electron chi connectivity index (χ4n) is 11.1. The number of anilines is 4. The number of imidazole rings is 1. The van der Waals surface area contributed by atoms with E-state index in [0.717, 1.165) is 77.8 Å². The number of aromatic nitrogens is 3. The zero-order chi connectivity index (χ0) is 58.3. The van der Waals surface area contributed by atoms with Crippen molar-refractivity contribution < 1.29 is 29.9 Å². The minimum absolute atomic E-state index is 0. The third-order valence-corrected chi connectivity index (χ3v) is 15.1. The van der Waals surface area contributed by atoms with E-state index in [1.807, 2.05) is 96.2 Å². The minimum atomic E-state index is -2.55. The number of nitrogens with zero attached hydrogens (tertiary/aromatic N) is 5. The fraction of sp³-hybridized carbons (Fsp3) is 0.155. The third-order valence-electron chi connectivity index (χ3n) is 15.1. The van der Waals surface area contributed by atoms with Crippen LogP contribution in [-0.4, -0.2) is 28.7 Å². The molecule has 0 saturated heterocycles. The maximum Gasteiger partial charge on any atom is 0.213 e. The summed E-state index contributed by atoms with van der Waals surface area (Å²) in [5, 5.41) is 8.33. The van der Waals surface area contributed by atoms with E-state index in [9.17, 15) is 0 Å². The molecule has 3 aliphatic heterocycles. The molecule has 0 aliphatic carbocycles. The van der Waals surface area contributed by atoms with Crippen LogP contribution in [0.5, 0.6) is 11.5 Å². The van der Waals surface area contributed by atoms with Gasteiger partial charge in [0, 0.05) is 91.0 Å². The minimum Gasteiger partial charge on any atom is -0.509 e. The first kappa shape index (κ1) is 51.7. The molecule has 12 rings (SSSR count). The van der Waals surface area contributed by atoms with Crippen molar-refractivity contribution >= 4 is 81.1 Å². The zero-order valence-electron chi connectivity index (χ0n) is 50.1. The van der Waals surface area contributed by atoms with Gasteiger partial charge in [0.05, 0.1) is 11.0 Å². The number of nitrogens with one attached hydrogen (secondary N) is 2. The molecule has 0 spiro atoms. The predicted molar refractivity (Wildman–Crippen MR) is 342 cm³/mol. The van der Waals surface area contributed by atoms with Gasteiger partial charge in [0.2, 0.25) is 5.95 Å². The first-order chi connectivity index (χ1) is 40.6. The van der Waals surface area contributed by atoms with E-state index in [1.165, 1.54) is 15.7 Å². The summed E-state index contributed by atoms with van der Waals surface area (Å²) in [6, 6.07) is 51.2. The van der Waals surface area contributed by atoms with Gasteiger partial charge < -0.3 is 34.3 Å². The molecule has 2 aromatic heterocycles. The van der Waals surface area contributed by atoms with Gasteiger partial charge in [-0.25, -0.2) is 4.98 Å². The molecule has 82 heavy (non-hydrogen) atoms. The second-order valence-corrected chi connectivity index (χ2v) is 22.1. The molecular formula is C71H64B2N7OPt-3.